The van der Waals surface area contributed by atoms with E-state index in [9.17, 15) is 4.79 Å². The summed E-state index contributed by atoms with van der Waals surface area (Å²) in [7, 11) is 1.63. The first-order valence-electron chi connectivity index (χ1n) is 6.12. The molecule has 0 aliphatic carbocycles. The highest BCUT2D eigenvalue weighted by Gasteiger charge is 2.03. The maximum atomic E-state index is 10.5. The molecule has 0 spiro atoms. The lowest BCUT2D eigenvalue weighted by Crippen LogP contribution is -2.25. The van der Waals surface area contributed by atoms with Gasteiger partial charge >= 0.3 is 6.09 Å². The molecule has 16 heavy (non-hydrogen) atoms. The number of rotatable bonds is 9. The molecule has 0 rings (SSSR count). The maximum Gasteiger partial charge on any atom is 0.407 e. The van der Waals surface area contributed by atoms with Gasteiger partial charge in [0.05, 0.1) is 0 Å². The van der Waals surface area contributed by atoms with Crippen molar-refractivity contribution in [2.45, 2.75) is 58.3 Å². The Morgan fingerprint density at radius 2 is 1.44 bits per heavy atom. The van der Waals surface area contributed by atoms with Crippen LogP contribution in [0, 0.1) is 0 Å². The average molecular weight is 252 g/mol. The molecule has 0 heterocycles. The predicted octanol–water partition coefficient (Wildman–Crippen LogP) is 4.16. The first-order chi connectivity index (χ1) is 7.18. The third-order valence-electron chi connectivity index (χ3n) is 2.67. The summed E-state index contributed by atoms with van der Waals surface area (Å²) >= 11 is 0. The van der Waals surface area contributed by atoms with Gasteiger partial charge in [0.2, 0.25) is 0 Å². The lowest BCUT2D eigenvalue weighted by molar-refractivity contribution is 0.155. The zero-order chi connectivity index (χ0) is 11.5. The SMILES string of the molecule is CCCCCCCCCCN(C)C(=O)O.Cl. The van der Waals surface area contributed by atoms with Crippen LogP contribution in [0.4, 0.5) is 4.79 Å². The van der Waals surface area contributed by atoms with Crippen molar-refractivity contribution in [3.63, 3.8) is 0 Å². The van der Waals surface area contributed by atoms with Crippen molar-refractivity contribution in [3.05, 3.63) is 0 Å². The molecule has 1 N–H and O–H groups in total. The highest BCUT2D eigenvalue weighted by Crippen LogP contribution is 2.08. The number of nitrogens with zero attached hydrogens (tertiary/aromatic N) is 1. The minimum atomic E-state index is -0.821. The van der Waals surface area contributed by atoms with E-state index in [4.69, 9.17) is 5.11 Å². The first kappa shape index (κ1) is 17.9. The number of carbonyl (C=O) groups is 1. The van der Waals surface area contributed by atoms with Crippen LogP contribution in [-0.4, -0.2) is 29.7 Å². The number of carboxylic acid groups (broad SMARTS) is 1. The van der Waals surface area contributed by atoms with E-state index in [1.165, 1.54) is 43.4 Å². The lowest BCUT2D eigenvalue weighted by Gasteiger charge is -2.11. The summed E-state index contributed by atoms with van der Waals surface area (Å²) in [6, 6.07) is 0. The molecule has 98 valence electrons. The zero-order valence-corrected chi connectivity index (χ0v) is 11.4. The van der Waals surface area contributed by atoms with Crippen LogP contribution in [0.5, 0.6) is 0 Å². The van der Waals surface area contributed by atoms with Crippen molar-refractivity contribution in [3.8, 4) is 0 Å². The Balaban J connectivity index is 0. The standard InChI is InChI=1S/C12H25NO2.ClH/c1-3-4-5-6-7-8-9-10-11-13(2)12(14)15;/h3-11H2,1-2H3,(H,14,15);1H. The molecule has 0 aromatic heterocycles. The molecular formula is C12H26ClNO2. The molecule has 0 bridgehead atoms. The van der Waals surface area contributed by atoms with E-state index in [0.29, 0.717) is 6.54 Å². The molecule has 0 saturated heterocycles. The third-order valence-corrected chi connectivity index (χ3v) is 2.67. The fraction of sp³-hybridized carbons (Fsp3) is 0.917. The molecule has 0 radical (unpaired) electrons. The Kier molecular flexibility index (Phi) is 14.2. The number of halogens is 1. The summed E-state index contributed by atoms with van der Waals surface area (Å²) in [5.74, 6) is 0. The summed E-state index contributed by atoms with van der Waals surface area (Å²) in [6.07, 6.45) is 9.21. The quantitative estimate of drug-likeness (QED) is 0.625. The molecule has 1 amide bonds. The largest absolute Gasteiger partial charge is 0.465 e. The van der Waals surface area contributed by atoms with Crippen LogP contribution >= 0.6 is 12.4 Å². The molecule has 4 heteroatoms. The summed E-state index contributed by atoms with van der Waals surface area (Å²) in [4.78, 5) is 11.8. The summed E-state index contributed by atoms with van der Waals surface area (Å²) < 4.78 is 0. The number of hydrogen-bond donors (Lipinski definition) is 1. The number of unbranched alkanes of at least 4 members (excludes halogenated alkanes) is 7. The molecular weight excluding hydrogens is 226 g/mol. The fourth-order valence-electron chi connectivity index (χ4n) is 1.58. The first-order valence-corrected chi connectivity index (χ1v) is 6.12. The molecule has 0 aromatic rings. The summed E-state index contributed by atoms with van der Waals surface area (Å²) in [5, 5.41) is 8.61. The molecule has 0 atom stereocenters. The van der Waals surface area contributed by atoms with Crippen LogP contribution in [0.15, 0.2) is 0 Å². The van der Waals surface area contributed by atoms with E-state index in [0.717, 1.165) is 12.8 Å². The van der Waals surface area contributed by atoms with Gasteiger partial charge in [0.15, 0.2) is 0 Å². The van der Waals surface area contributed by atoms with Gasteiger partial charge < -0.3 is 10.0 Å². The Bertz CT molecular complexity index is 165. The van der Waals surface area contributed by atoms with Gasteiger partial charge in [-0.3, -0.25) is 0 Å². The van der Waals surface area contributed by atoms with Crippen LogP contribution < -0.4 is 0 Å². The predicted molar refractivity (Wildman–Crippen MR) is 70.5 cm³/mol. The lowest BCUT2D eigenvalue weighted by atomic mass is 10.1. The smallest absolute Gasteiger partial charge is 0.407 e. The zero-order valence-electron chi connectivity index (χ0n) is 10.6. The number of hydrogen-bond acceptors (Lipinski definition) is 1. The average Bonchev–Trinajstić information content (AvgIpc) is 2.21. The Morgan fingerprint density at radius 1 is 1.00 bits per heavy atom. The van der Waals surface area contributed by atoms with Crippen molar-refractivity contribution in [1.82, 2.24) is 4.90 Å². The van der Waals surface area contributed by atoms with Crippen LogP contribution in [0.25, 0.3) is 0 Å². The Labute approximate surface area is 106 Å². The topological polar surface area (TPSA) is 40.5 Å². The van der Waals surface area contributed by atoms with E-state index in [2.05, 4.69) is 6.92 Å². The van der Waals surface area contributed by atoms with Gasteiger partial charge in [-0.05, 0) is 6.42 Å². The van der Waals surface area contributed by atoms with Gasteiger partial charge in [0.1, 0.15) is 0 Å². The van der Waals surface area contributed by atoms with Crippen molar-refractivity contribution >= 4 is 18.5 Å². The molecule has 0 fully saturated rings. The molecule has 0 aromatic carbocycles. The van der Waals surface area contributed by atoms with Crippen LogP contribution in [0.3, 0.4) is 0 Å². The summed E-state index contributed by atoms with van der Waals surface area (Å²) in [6.45, 7) is 2.89. The van der Waals surface area contributed by atoms with Gasteiger partial charge in [-0.1, -0.05) is 51.9 Å². The van der Waals surface area contributed by atoms with Gasteiger partial charge in [-0.25, -0.2) is 4.79 Å². The Morgan fingerprint density at radius 3 is 1.88 bits per heavy atom. The minimum absolute atomic E-state index is 0. The van der Waals surface area contributed by atoms with Gasteiger partial charge in [-0.15, -0.1) is 12.4 Å². The van der Waals surface area contributed by atoms with Crippen molar-refractivity contribution in [2.75, 3.05) is 13.6 Å². The molecule has 0 saturated carbocycles. The van der Waals surface area contributed by atoms with Crippen molar-refractivity contribution in [1.29, 1.82) is 0 Å². The monoisotopic (exact) mass is 251 g/mol. The van der Waals surface area contributed by atoms with Crippen molar-refractivity contribution < 1.29 is 9.90 Å². The second-order valence-corrected chi connectivity index (χ2v) is 4.18. The van der Waals surface area contributed by atoms with Crippen LogP contribution in [-0.2, 0) is 0 Å². The van der Waals surface area contributed by atoms with Gasteiger partial charge in [0, 0.05) is 13.6 Å². The maximum absolute atomic E-state index is 10.5. The highest BCUT2D eigenvalue weighted by molar-refractivity contribution is 5.85. The minimum Gasteiger partial charge on any atom is -0.465 e. The van der Waals surface area contributed by atoms with Crippen LogP contribution in [0.1, 0.15) is 58.3 Å². The second-order valence-electron chi connectivity index (χ2n) is 4.18. The van der Waals surface area contributed by atoms with E-state index in [1.807, 2.05) is 0 Å². The van der Waals surface area contributed by atoms with Gasteiger partial charge in [0.25, 0.3) is 0 Å². The van der Waals surface area contributed by atoms with E-state index < -0.39 is 6.09 Å². The molecule has 0 unspecified atom stereocenters. The summed E-state index contributed by atoms with van der Waals surface area (Å²) in [5.41, 5.74) is 0. The normalized spacial score (nSPS) is 9.62. The van der Waals surface area contributed by atoms with E-state index in [-0.39, 0.29) is 12.4 Å². The van der Waals surface area contributed by atoms with Gasteiger partial charge in [-0.2, -0.15) is 0 Å². The fourth-order valence-corrected chi connectivity index (χ4v) is 1.58. The molecule has 0 aliphatic heterocycles. The highest BCUT2D eigenvalue weighted by atomic mass is 35.5. The number of amides is 1. The van der Waals surface area contributed by atoms with Crippen LogP contribution in [0.2, 0.25) is 0 Å². The second kappa shape index (κ2) is 12.6. The molecule has 0 aliphatic rings. The molecule has 3 nitrogen and oxygen atoms in total. The Hall–Kier alpha value is -0.440. The van der Waals surface area contributed by atoms with Crippen molar-refractivity contribution in [2.24, 2.45) is 0 Å². The third kappa shape index (κ3) is 11.6. The van der Waals surface area contributed by atoms with E-state index >= 15 is 0 Å². The van der Waals surface area contributed by atoms with E-state index in [1.54, 1.807) is 7.05 Å².